The number of nitrogens with one attached hydrogen (secondary N) is 2. The van der Waals surface area contributed by atoms with Crippen molar-refractivity contribution in [2.24, 2.45) is 5.73 Å². The first-order valence-electron chi connectivity index (χ1n) is 7.03. The molecule has 0 spiro atoms. The Labute approximate surface area is 135 Å². The van der Waals surface area contributed by atoms with E-state index in [4.69, 9.17) is 22.1 Å². The van der Waals surface area contributed by atoms with Crippen molar-refractivity contribution in [3.63, 3.8) is 0 Å². The summed E-state index contributed by atoms with van der Waals surface area (Å²) < 4.78 is 18.5. The Morgan fingerprint density at radius 1 is 1.41 bits per heavy atom. The molecule has 0 fully saturated rings. The van der Waals surface area contributed by atoms with Crippen molar-refractivity contribution >= 4 is 23.4 Å². The first kappa shape index (κ1) is 18.5. The lowest BCUT2D eigenvalue weighted by molar-refractivity contribution is 0.0504. The van der Waals surface area contributed by atoms with E-state index in [1.54, 1.807) is 33.8 Å². The topological polar surface area (TPSA) is 76.4 Å². The number of rotatable bonds is 5. The van der Waals surface area contributed by atoms with E-state index in [2.05, 4.69) is 10.6 Å². The number of carbonyl (C=O) groups excluding carboxylic acids is 1. The molecule has 0 aliphatic carbocycles. The third kappa shape index (κ3) is 6.49. The fraction of sp³-hybridized carbons (Fsp3) is 0.533. The lowest BCUT2D eigenvalue weighted by atomic mass is 10.1. The summed E-state index contributed by atoms with van der Waals surface area (Å²) in [6.45, 7) is 7.38. The van der Waals surface area contributed by atoms with Crippen molar-refractivity contribution in [2.45, 2.75) is 45.4 Å². The van der Waals surface area contributed by atoms with Crippen molar-refractivity contribution in [1.82, 2.24) is 5.32 Å². The minimum Gasteiger partial charge on any atom is -0.444 e. The van der Waals surface area contributed by atoms with Gasteiger partial charge in [-0.15, -0.1) is 0 Å². The summed E-state index contributed by atoms with van der Waals surface area (Å²) >= 11 is 5.81. The zero-order chi connectivity index (χ0) is 16.9. The molecular weight excluding hydrogens is 309 g/mol. The molecule has 0 radical (unpaired) electrons. The van der Waals surface area contributed by atoms with Gasteiger partial charge in [0.15, 0.2) is 0 Å². The van der Waals surface area contributed by atoms with Gasteiger partial charge in [-0.2, -0.15) is 0 Å². The SMILES string of the molecule is CC(NC(=O)OC(C)(C)C)C(CN)Nc1cc(F)cc(Cl)c1. The molecule has 0 heterocycles. The Morgan fingerprint density at radius 3 is 2.55 bits per heavy atom. The Bertz CT molecular complexity index is 500. The molecule has 1 rings (SSSR count). The van der Waals surface area contributed by atoms with Crippen LogP contribution in [0.15, 0.2) is 18.2 Å². The van der Waals surface area contributed by atoms with Gasteiger partial charge in [-0.3, -0.25) is 0 Å². The summed E-state index contributed by atoms with van der Waals surface area (Å²) in [6.07, 6.45) is -0.530. The van der Waals surface area contributed by atoms with Crippen molar-refractivity contribution in [3.8, 4) is 0 Å². The summed E-state index contributed by atoms with van der Waals surface area (Å²) in [4.78, 5) is 11.8. The summed E-state index contributed by atoms with van der Waals surface area (Å²) in [5, 5.41) is 6.05. The third-order valence-electron chi connectivity index (χ3n) is 2.82. The van der Waals surface area contributed by atoms with Gasteiger partial charge in [0, 0.05) is 17.3 Å². The van der Waals surface area contributed by atoms with E-state index in [-0.39, 0.29) is 23.7 Å². The Balaban J connectivity index is 2.68. The van der Waals surface area contributed by atoms with Crippen LogP contribution in [0.1, 0.15) is 27.7 Å². The van der Waals surface area contributed by atoms with E-state index in [1.807, 2.05) is 0 Å². The number of hydrogen-bond acceptors (Lipinski definition) is 4. The molecule has 5 nitrogen and oxygen atoms in total. The van der Waals surface area contributed by atoms with Crippen LogP contribution >= 0.6 is 11.6 Å². The highest BCUT2D eigenvalue weighted by atomic mass is 35.5. The number of halogens is 2. The molecule has 4 N–H and O–H groups in total. The predicted octanol–water partition coefficient (Wildman–Crippen LogP) is 3.13. The van der Waals surface area contributed by atoms with Crippen LogP contribution in [0.4, 0.5) is 14.9 Å². The smallest absolute Gasteiger partial charge is 0.407 e. The minimum atomic E-state index is -0.578. The number of alkyl carbamates (subject to hydrolysis) is 1. The summed E-state index contributed by atoms with van der Waals surface area (Å²) in [7, 11) is 0. The molecule has 7 heteroatoms. The third-order valence-corrected chi connectivity index (χ3v) is 3.03. The van der Waals surface area contributed by atoms with Crippen molar-refractivity contribution in [2.75, 3.05) is 11.9 Å². The van der Waals surface area contributed by atoms with Gasteiger partial charge in [0.2, 0.25) is 0 Å². The quantitative estimate of drug-likeness (QED) is 0.774. The van der Waals surface area contributed by atoms with E-state index in [0.29, 0.717) is 5.69 Å². The van der Waals surface area contributed by atoms with Crippen molar-refractivity contribution in [1.29, 1.82) is 0 Å². The average Bonchev–Trinajstić information content (AvgIpc) is 2.31. The van der Waals surface area contributed by atoms with Gasteiger partial charge >= 0.3 is 6.09 Å². The van der Waals surface area contributed by atoms with E-state index in [0.717, 1.165) is 0 Å². The van der Waals surface area contributed by atoms with Gasteiger partial charge in [0.05, 0.1) is 12.1 Å². The van der Waals surface area contributed by atoms with Gasteiger partial charge in [-0.05, 0) is 45.9 Å². The molecule has 0 saturated heterocycles. The van der Waals surface area contributed by atoms with Crippen LogP contribution in [0.5, 0.6) is 0 Å². The first-order valence-corrected chi connectivity index (χ1v) is 7.40. The van der Waals surface area contributed by atoms with Gasteiger partial charge in [0.25, 0.3) is 0 Å². The second-order valence-corrected chi connectivity index (χ2v) is 6.52. The highest BCUT2D eigenvalue weighted by Crippen LogP contribution is 2.19. The van der Waals surface area contributed by atoms with Crippen LogP contribution in [0, 0.1) is 5.82 Å². The molecule has 0 aliphatic rings. The Morgan fingerprint density at radius 2 is 2.05 bits per heavy atom. The zero-order valence-corrected chi connectivity index (χ0v) is 14.0. The van der Waals surface area contributed by atoms with Crippen LogP contribution in [0.2, 0.25) is 5.02 Å². The summed E-state index contributed by atoms with van der Waals surface area (Å²) in [5.74, 6) is -0.446. The number of anilines is 1. The molecule has 1 aromatic carbocycles. The van der Waals surface area contributed by atoms with Crippen LogP contribution in [-0.4, -0.2) is 30.3 Å². The molecule has 1 aromatic rings. The second kappa shape index (κ2) is 7.65. The molecule has 2 unspecified atom stereocenters. The van der Waals surface area contributed by atoms with Crippen LogP contribution in [0.3, 0.4) is 0 Å². The van der Waals surface area contributed by atoms with Gasteiger partial charge in [0.1, 0.15) is 11.4 Å². The first-order chi connectivity index (χ1) is 10.1. The van der Waals surface area contributed by atoms with Gasteiger partial charge < -0.3 is 21.1 Å². The van der Waals surface area contributed by atoms with Crippen molar-refractivity contribution in [3.05, 3.63) is 29.0 Å². The lowest BCUT2D eigenvalue weighted by Gasteiger charge is -2.27. The predicted molar refractivity (Wildman–Crippen MR) is 86.7 cm³/mol. The molecule has 0 saturated carbocycles. The molecule has 0 aromatic heterocycles. The number of nitrogens with two attached hydrogens (primary N) is 1. The molecule has 22 heavy (non-hydrogen) atoms. The maximum absolute atomic E-state index is 13.3. The van der Waals surface area contributed by atoms with Crippen LogP contribution in [-0.2, 0) is 4.74 Å². The van der Waals surface area contributed by atoms with E-state index in [9.17, 15) is 9.18 Å². The number of carbonyl (C=O) groups is 1. The highest BCUT2D eigenvalue weighted by Gasteiger charge is 2.22. The normalized spacial score (nSPS) is 14.1. The molecule has 2 atom stereocenters. The average molecular weight is 332 g/mol. The van der Waals surface area contributed by atoms with E-state index >= 15 is 0 Å². The van der Waals surface area contributed by atoms with Crippen molar-refractivity contribution < 1.29 is 13.9 Å². The largest absolute Gasteiger partial charge is 0.444 e. The number of hydrogen-bond donors (Lipinski definition) is 3. The highest BCUT2D eigenvalue weighted by molar-refractivity contribution is 6.30. The standard InChI is InChI=1S/C15H23ClFN3O2/c1-9(19-14(21)22-15(2,3)4)13(8-18)20-12-6-10(16)5-11(17)7-12/h5-7,9,13,20H,8,18H2,1-4H3,(H,19,21). The Kier molecular flexibility index (Phi) is 6.44. The van der Waals surface area contributed by atoms with Crippen LogP contribution < -0.4 is 16.4 Å². The minimum absolute atomic E-state index is 0.241. The summed E-state index contributed by atoms with van der Waals surface area (Å²) in [5.41, 5.74) is 5.64. The lowest BCUT2D eigenvalue weighted by Crippen LogP contribution is -2.49. The molecule has 0 bridgehead atoms. The zero-order valence-electron chi connectivity index (χ0n) is 13.2. The fourth-order valence-corrected chi connectivity index (χ4v) is 2.06. The fourth-order valence-electron chi connectivity index (χ4n) is 1.83. The number of ether oxygens (including phenoxy) is 1. The van der Waals surface area contributed by atoms with Crippen LogP contribution in [0.25, 0.3) is 0 Å². The monoisotopic (exact) mass is 331 g/mol. The summed E-state index contributed by atoms with van der Waals surface area (Å²) in [6, 6.07) is 3.50. The number of amides is 1. The maximum atomic E-state index is 13.3. The maximum Gasteiger partial charge on any atom is 0.407 e. The molecule has 124 valence electrons. The second-order valence-electron chi connectivity index (χ2n) is 6.08. The van der Waals surface area contributed by atoms with Gasteiger partial charge in [-0.1, -0.05) is 11.6 Å². The molecular formula is C15H23ClFN3O2. The van der Waals surface area contributed by atoms with Gasteiger partial charge in [-0.25, -0.2) is 9.18 Å². The number of benzene rings is 1. The molecule has 0 aliphatic heterocycles. The molecule has 1 amide bonds. The Hall–Kier alpha value is -1.53. The van der Waals surface area contributed by atoms with E-state index in [1.165, 1.54) is 12.1 Å². The van der Waals surface area contributed by atoms with E-state index < -0.39 is 17.5 Å².